The van der Waals surface area contributed by atoms with E-state index in [0.29, 0.717) is 37.1 Å². The number of carbonyl (C=O) groups excluding carboxylic acids is 1. The molecule has 0 radical (unpaired) electrons. The third-order valence-electron chi connectivity index (χ3n) is 6.10. The SMILES string of the molecule is CC(C)(C)OC(=O)N1CCC(Oc2ccc([N+](=O)[O-])cc2B2OC(C)(C)C(C)(C)O2)CC1. The van der Waals surface area contributed by atoms with Gasteiger partial charge in [-0.15, -0.1) is 0 Å². The van der Waals surface area contributed by atoms with Crippen molar-refractivity contribution in [3.8, 4) is 5.75 Å². The lowest BCUT2D eigenvalue weighted by Gasteiger charge is -2.33. The fraction of sp³-hybridized carbons (Fsp3) is 0.682. The molecule has 2 saturated heterocycles. The number of hydrogen-bond acceptors (Lipinski definition) is 7. The Labute approximate surface area is 189 Å². The lowest BCUT2D eigenvalue weighted by molar-refractivity contribution is -0.384. The monoisotopic (exact) mass is 448 g/mol. The van der Waals surface area contributed by atoms with Crippen LogP contribution in [-0.2, 0) is 14.0 Å². The van der Waals surface area contributed by atoms with E-state index in [9.17, 15) is 14.9 Å². The first-order valence-corrected chi connectivity index (χ1v) is 11.0. The van der Waals surface area contributed by atoms with Gasteiger partial charge in [-0.1, -0.05) is 0 Å². The van der Waals surface area contributed by atoms with E-state index in [4.69, 9.17) is 18.8 Å². The number of hydrogen-bond donors (Lipinski definition) is 0. The van der Waals surface area contributed by atoms with Crippen LogP contribution < -0.4 is 10.2 Å². The van der Waals surface area contributed by atoms with Crippen molar-refractivity contribution in [3.63, 3.8) is 0 Å². The van der Waals surface area contributed by atoms with Crippen molar-refractivity contribution in [2.24, 2.45) is 0 Å². The molecule has 2 heterocycles. The Morgan fingerprint density at radius 2 is 1.72 bits per heavy atom. The van der Waals surface area contributed by atoms with Crippen LogP contribution in [0.1, 0.15) is 61.3 Å². The van der Waals surface area contributed by atoms with Gasteiger partial charge in [0.1, 0.15) is 17.5 Å². The van der Waals surface area contributed by atoms with Crippen LogP contribution in [0, 0.1) is 10.1 Å². The number of nitro benzene ring substituents is 1. The molecular weight excluding hydrogens is 415 g/mol. The van der Waals surface area contributed by atoms with Crippen molar-refractivity contribution in [1.29, 1.82) is 0 Å². The Morgan fingerprint density at radius 3 is 2.22 bits per heavy atom. The molecule has 0 bridgehead atoms. The van der Waals surface area contributed by atoms with E-state index in [1.807, 2.05) is 48.5 Å². The second-order valence-electron chi connectivity index (χ2n) is 10.4. The molecule has 0 N–H and O–H groups in total. The summed E-state index contributed by atoms with van der Waals surface area (Å²) in [4.78, 5) is 24.9. The predicted molar refractivity (Wildman–Crippen MR) is 120 cm³/mol. The maximum atomic E-state index is 12.3. The van der Waals surface area contributed by atoms with Crippen LogP contribution in [0.5, 0.6) is 5.75 Å². The Hall–Kier alpha value is -2.33. The summed E-state index contributed by atoms with van der Waals surface area (Å²) in [6.07, 6.45) is 0.776. The van der Waals surface area contributed by atoms with Gasteiger partial charge in [0.15, 0.2) is 0 Å². The molecule has 176 valence electrons. The van der Waals surface area contributed by atoms with Crippen molar-refractivity contribution in [3.05, 3.63) is 28.3 Å². The number of carbonyl (C=O) groups is 1. The third-order valence-corrected chi connectivity index (χ3v) is 6.10. The molecule has 1 aromatic rings. The highest BCUT2D eigenvalue weighted by Crippen LogP contribution is 2.37. The number of non-ortho nitro benzene ring substituents is 1. The Bertz CT molecular complexity index is 858. The fourth-order valence-corrected chi connectivity index (χ4v) is 3.57. The van der Waals surface area contributed by atoms with Crippen LogP contribution in [0.4, 0.5) is 10.5 Å². The molecule has 2 fully saturated rings. The van der Waals surface area contributed by atoms with Gasteiger partial charge >= 0.3 is 13.2 Å². The van der Waals surface area contributed by atoms with Crippen molar-refractivity contribution >= 4 is 24.4 Å². The molecule has 0 aliphatic carbocycles. The van der Waals surface area contributed by atoms with E-state index in [1.54, 1.807) is 11.0 Å². The standard InChI is InChI=1S/C22H33BN2O7/c1-20(2,3)30-19(26)24-12-10-16(11-13-24)29-18-9-8-15(25(27)28)14-17(18)23-31-21(4,5)22(6,7)32-23/h8-9,14,16H,10-13H2,1-7H3. The molecule has 0 saturated carbocycles. The first-order chi connectivity index (χ1) is 14.7. The second-order valence-corrected chi connectivity index (χ2v) is 10.4. The molecule has 0 atom stereocenters. The number of nitrogens with zero attached hydrogens (tertiary/aromatic N) is 2. The van der Waals surface area contributed by atoms with E-state index in [2.05, 4.69) is 0 Å². The number of piperidine rings is 1. The van der Waals surface area contributed by atoms with Gasteiger partial charge in [0.2, 0.25) is 0 Å². The first-order valence-electron chi connectivity index (χ1n) is 11.0. The number of ether oxygens (including phenoxy) is 2. The molecule has 2 aliphatic rings. The summed E-state index contributed by atoms with van der Waals surface area (Å²) in [5.74, 6) is 0.491. The highest BCUT2D eigenvalue weighted by atomic mass is 16.7. The first kappa shape index (κ1) is 24.3. The topological polar surface area (TPSA) is 100 Å². The Balaban J connectivity index is 1.74. The predicted octanol–water partition coefficient (Wildman–Crippen LogP) is 3.67. The summed E-state index contributed by atoms with van der Waals surface area (Å²) in [6, 6.07) is 4.46. The van der Waals surface area contributed by atoms with Crippen molar-refractivity contribution in [1.82, 2.24) is 4.90 Å². The summed E-state index contributed by atoms with van der Waals surface area (Å²) in [5.41, 5.74) is -1.27. The van der Waals surface area contributed by atoms with Crippen LogP contribution in [0.15, 0.2) is 18.2 Å². The molecule has 0 aromatic heterocycles. The van der Waals surface area contributed by atoms with E-state index in [1.165, 1.54) is 12.1 Å². The van der Waals surface area contributed by atoms with Gasteiger partial charge in [0.05, 0.1) is 16.1 Å². The van der Waals surface area contributed by atoms with Crippen LogP contribution in [0.25, 0.3) is 0 Å². The molecule has 0 spiro atoms. The maximum Gasteiger partial charge on any atom is 0.498 e. The van der Waals surface area contributed by atoms with Crippen LogP contribution in [0.3, 0.4) is 0 Å². The van der Waals surface area contributed by atoms with E-state index in [-0.39, 0.29) is 17.9 Å². The molecule has 3 rings (SSSR count). The molecule has 1 amide bonds. The number of amides is 1. The van der Waals surface area contributed by atoms with E-state index >= 15 is 0 Å². The van der Waals surface area contributed by atoms with Gasteiger partial charge in [0, 0.05) is 43.5 Å². The molecule has 9 nitrogen and oxygen atoms in total. The number of nitro groups is 1. The molecule has 0 unspecified atom stereocenters. The van der Waals surface area contributed by atoms with E-state index < -0.39 is 28.8 Å². The summed E-state index contributed by atoms with van der Waals surface area (Å²) < 4.78 is 23.9. The molecule has 1 aromatic carbocycles. The van der Waals surface area contributed by atoms with Crippen molar-refractivity contribution < 1.29 is 28.5 Å². The minimum absolute atomic E-state index is 0.0539. The van der Waals surface area contributed by atoms with Crippen LogP contribution in [0.2, 0.25) is 0 Å². The zero-order chi connectivity index (χ0) is 23.9. The van der Waals surface area contributed by atoms with Crippen LogP contribution >= 0.6 is 0 Å². The van der Waals surface area contributed by atoms with Crippen molar-refractivity contribution in [2.75, 3.05) is 13.1 Å². The molecule has 2 aliphatic heterocycles. The minimum Gasteiger partial charge on any atom is -0.491 e. The number of rotatable bonds is 4. The van der Waals surface area contributed by atoms with Gasteiger partial charge in [0.25, 0.3) is 5.69 Å². The van der Waals surface area contributed by atoms with Gasteiger partial charge in [-0.2, -0.15) is 0 Å². The second kappa shape index (κ2) is 8.55. The highest BCUT2D eigenvalue weighted by molar-refractivity contribution is 6.63. The molecule has 10 heteroatoms. The van der Waals surface area contributed by atoms with Gasteiger partial charge in [-0.3, -0.25) is 10.1 Å². The molecular formula is C22H33BN2O7. The van der Waals surface area contributed by atoms with Crippen LogP contribution in [-0.4, -0.2) is 59.0 Å². The number of likely N-dealkylation sites (tertiary alicyclic amines) is 1. The van der Waals surface area contributed by atoms with Gasteiger partial charge < -0.3 is 23.7 Å². The van der Waals surface area contributed by atoms with Gasteiger partial charge in [-0.25, -0.2) is 4.79 Å². The normalized spacial score (nSPS) is 20.8. The van der Waals surface area contributed by atoms with E-state index in [0.717, 1.165) is 0 Å². The van der Waals surface area contributed by atoms with Crippen molar-refractivity contribution in [2.45, 2.75) is 84.2 Å². The lowest BCUT2D eigenvalue weighted by Crippen LogP contribution is -2.44. The summed E-state index contributed by atoms with van der Waals surface area (Å²) >= 11 is 0. The summed E-state index contributed by atoms with van der Waals surface area (Å²) in [6.45, 7) is 14.3. The largest absolute Gasteiger partial charge is 0.498 e. The average molecular weight is 448 g/mol. The average Bonchev–Trinajstić information content (AvgIpc) is 2.88. The smallest absolute Gasteiger partial charge is 0.491 e. The zero-order valence-electron chi connectivity index (χ0n) is 20.0. The lowest BCUT2D eigenvalue weighted by atomic mass is 9.78. The summed E-state index contributed by atoms with van der Waals surface area (Å²) in [5, 5.41) is 11.4. The zero-order valence-corrected chi connectivity index (χ0v) is 20.0. The quantitative estimate of drug-likeness (QED) is 0.394. The fourth-order valence-electron chi connectivity index (χ4n) is 3.57. The maximum absolute atomic E-state index is 12.3. The molecule has 32 heavy (non-hydrogen) atoms. The summed E-state index contributed by atoms with van der Waals surface area (Å²) in [7, 11) is -0.781. The third kappa shape index (κ3) is 5.35. The Kier molecular flexibility index (Phi) is 6.50. The Morgan fingerprint density at radius 1 is 1.16 bits per heavy atom. The number of benzene rings is 1. The highest BCUT2D eigenvalue weighted by Gasteiger charge is 2.53. The minimum atomic E-state index is -0.781. The van der Waals surface area contributed by atoms with Gasteiger partial charge in [-0.05, 0) is 54.5 Å².